The van der Waals surface area contributed by atoms with E-state index in [1.165, 1.54) is 0 Å². The molecule has 0 saturated carbocycles. The highest BCUT2D eigenvalue weighted by atomic mass is 16.5. The molecule has 18 heavy (non-hydrogen) atoms. The van der Waals surface area contributed by atoms with Crippen molar-refractivity contribution in [1.82, 2.24) is 10.1 Å². The second-order valence-corrected chi connectivity index (χ2v) is 5.14. The molecule has 1 aromatic rings. The van der Waals surface area contributed by atoms with Gasteiger partial charge in [-0.1, -0.05) is 5.16 Å². The molecule has 2 N–H and O–H groups in total. The van der Waals surface area contributed by atoms with E-state index in [1.54, 1.807) is 13.0 Å². The van der Waals surface area contributed by atoms with E-state index >= 15 is 0 Å². The van der Waals surface area contributed by atoms with Gasteiger partial charge in [-0.2, -0.15) is 0 Å². The van der Waals surface area contributed by atoms with Gasteiger partial charge in [0.15, 0.2) is 5.82 Å². The van der Waals surface area contributed by atoms with Crippen LogP contribution in [0.1, 0.15) is 25.5 Å². The van der Waals surface area contributed by atoms with Gasteiger partial charge in [0.05, 0.1) is 12.1 Å². The van der Waals surface area contributed by atoms with Crippen LogP contribution in [-0.2, 0) is 4.79 Å². The molecule has 0 atom stereocenters. The van der Waals surface area contributed by atoms with Gasteiger partial charge in [-0.05, 0) is 26.7 Å². The molecular formula is C12H19N3O3. The Morgan fingerprint density at radius 3 is 2.83 bits per heavy atom. The van der Waals surface area contributed by atoms with Gasteiger partial charge in [0, 0.05) is 19.2 Å². The van der Waals surface area contributed by atoms with E-state index in [9.17, 15) is 9.90 Å². The summed E-state index contributed by atoms with van der Waals surface area (Å²) >= 11 is 0. The molecule has 1 amide bonds. The topological polar surface area (TPSA) is 78.6 Å². The number of hydrogen-bond acceptors (Lipinski definition) is 5. The molecule has 6 heteroatoms. The number of aromatic nitrogens is 1. The largest absolute Gasteiger partial charge is 0.390 e. The number of amides is 1. The SMILES string of the molecule is Cc1cc(NC(=O)CN2CCC(C)(O)CC2)no1. The number of aliphatic hydroxyl groups is 1. The Morgan fingerprint density at radius 1 is 1.61 bits per heavy atom. The fraction of sp³-hybridized carbons (Fsp3) is 0.667. The first-order valence-electron chi connectivity index (χ1n) is 6.12. The maximum Gasteiger partial charge on any atom is 0.239 e. The normalized spacial score (nSPS) is 19.7. The highest BCUT2D eigenvalue weighted by Crippen LogP contribution is 2.20. The highest BCUT2D eigenvalue weighted by molar-refractivity contribution is 5.91. The maximum atomic E-state index is 11.8. The smallest absolute Gasteiger partial charge is 0.239 e. The number of hydrogen-bond donors (Lipinski definition) is 2. The fourth-order valence-corrected chi connectivity index (χ4v) is 2.00. The van der Waals surface area contributed by atoms with Gasteiger partial charge in [-0.3, -0.25) is 9.69 Å². The fourth-order valence-electron chi connectivity index (χ4n) is 2.00. The Morgan fingerprint density at radius 2 is 2.28 bits per heavy atom. The Kier molecular flexibility index (Phi) is 3.68. The summed E-state index contributed by atoms with van der Waals surface area (Å²) in [7, 11) is 0. The lowest BCUT2D eigenvalue weighted by atomic mass is 9.94. The molecule has 0 unspecified atom stereocenters. The molecule has 0 bridgehead atoms. The molecule has 100 valence electrons. The minimum absolute atomic E-state index is 0.107. The molecule has 0 spiro atoms. The lowest BCUT2D eigenvalue weighted by Crippen LogP contribution is -2.45. The first kappa shape index (κ1) is 13.0. The number of nitrogens with zero attached hydrogens (tertiary/aromatic N) is 2. The number of rotatable bonds is 3. The minimum atomic E-state index is -0.587. The van der Waals surface area contributed by atoms with Crippen molar-refractivity contribution in [3.05, 3.63) is 11.8 Å². The van der Waals surface area contributed by atoms with Crippen molar-refractivity contribution in [1.29, 1.82) is 0 Å². The van der Waals surface area contributed by atoms with Crippen molar-refractivity contribution >= 4 is 11.7 Å². The monoisotopic (exact) mass is 253 g/mol. The van der Waals surface area contributed by atoms with Gasteiger partial charge in [0.1, 0.15) is 5.76 Å². The van der Waals surface area contributed by atoms with Crippen LogP contribution in [0, 0.1) is 6.92 Å². The van der Waals surface area contributed by atoms with Gasteiger partial charge in [-0.25, -0.2) is 0 Å². The molecule has 1 aliphatic heterocycles. The van der Waals surface area contributed by atoms with Crippen LogP contribution >= 0.6 is 0 Å². The summed E-state index contributed by atoms with van der Waals surface area (Å²) in [6.45, 7) is 5.40. The molecule has 0 radical (unpaired) electrons. The summed E-state index contributed by atoms with van der Waals surface area (Å²) in [4.78, 5) is 13.8. The zero-order valence-electron chi connectivity index (χ0n) is 10.8. The quantitative estimate of drug-likeness (QED) is 0.831. The molecule has 1 aliphatic rings. The second kappa shape index (κ2) is 5.07. The minimum Gasteiger partial charge on any atom is -0.390 e. The van der Waals surface area contributed by atoms with Gasteiger partial charge in [0.25, 0.3) is 0 Å². The van der Waals surface area contributed by atoms with E-state index in [1.807, 2.05) is 11.8 Å². The lowest BCUT2D eigenvalue weighted by Gasteiger charge is -2.35. The van der Waals surface area contributed by atoms with Crippen LogP contribution in [0.5, 0.6) is 0 Å². The van der Waals surface area contributed by atoms with E-state index in [4.69, 9.17) is 4.52 Å². The predicted octanol–water partition coefficient (Wildman–Crippen LogP) is 0.768. The third kappa shape index (κ3) is 3.54. The molecule has 1 saturated heterocycles. The van der Waals surface area contributed by atoms with Crippen LogP contribution in [-0.4, -0.2) is 46.3 Å². The molecule has 0 aliphatic carbocycles. The van der Waals surface area contributed by atoms with Crippen molar-refractivity contribution in [3.63, 3.8) is 0 Å². The van der Waals surface area contributed by atoms with Gasteiger partial charge < -0.3 is 14.9 Å². The van der Waals surface area contributed by atoms with Gasteiger partial charge in [0.2, 0.25) is 5.91 Å². The number of carbonyl (C=O) groups is 1. The number of anilines is 1. The summed E-state index contributed by atoms with van der Waals surface area (Å²) in [6, 6.07) is 1.68. The first-order valence-corrected chi connectivity index (χ1v) is 6.12. The number of carbonyl (C=O) groups excluding carboxylic acids is 1. The van der Waals surface area contributed by atoms with Crippen LogP contribution in [0.4, 0.5) is 5.82 Å². The number of nitrogens with one attached hydrogen (secondary N) is 1. The zero-order valence-corrected chi connectivity index (χ0v) is 10.8. The Bertz CT molecular complexity index is 418. The van der Waals surface area contributed by atoms with Crippen LogP contribution in [0.15, 0.2) is 10.6 Å². The van der Waals surface area contributed by atoms with Gasteiger partial charge >= 0.3 is 0 Å². The first-order chi connectivity index (χ1) is 8.44. The third-order valence-electron chi connectivity index (χ3n) is 3.20. The molecular weight excluding hydrogens is 234 g/mol. The third-order valence-corrected chi connectivity index (χ3v) is 3.20. The summed E-state index contributed by atoms with van der Waals surface area (Å²) in [5.41, 5.74) is -0.587. The Labute approximate surface area is 106 Å². The van der Waals surface area contributed by atoms with E-state index in [0.29, 0.717) is 31.0 Å². The average Bonchev–Trinajstić information content (AvgIpc) is 2.67. The van der Waals surface area contributed by atoms with E-state index in [0.717, 1.165) is 13.1 Å². The van der Waals surface area contributed by atoms with E-state index in [2.05, 4.69) is 10.5 Å². The Hall–Kier alpha value is -1.40. The van der Waals surface area contributed by atoms with Crippen molar-refractivity contribution in [3.8, 4) is 0 Å². The molecule has 1 aromatic heterocycles. The maximum absolute atomic E-state index is 11.8. The Balaban J connectivity index is 1.78. The molecule has 2 heterocycles. The van der Waals surface area contributed by atoms with Crippen molar-refractivity contribution < 1.29 is 14.4 Å². The second-order valence-electron chi connectivity index (χ2n) is 5.14. The van der Waals surface area contributed by atoms with Crippen LogP contribution < -0.4 is 5.32 Å². The summed E-state index contributed by atoms with van der Waals surface area (Å²) in [6.07, 6.45) is 1.40. The van der Waals surface area contributed by atoms with Crippen LogP contribution in [0.2, 0.25) is 0 Å². The summed E-state index contributed by atoms with van der Waals surface area (Å²) in [5, 5.41) is 16.2. The van der Waals surface area contributed by atoms with Crippen molar-refractivity contribution in [2.75, 3.05) is 25.0 Å². The van der Waals surface area contributed by atoms with Crippen molar-refractivity contribution in [2.45, 2.75) is 32.3 Å². The molecule has 6 nitrogen and oxygen atoms in total. The molecule has 1 fully saturated rings. The van der Waals surface area contributed by atoms with Crippen LogP contribution in [0.3, 0.4) is 0 Å². The lowest BCUT2D eigenvalue weighted by molar-refractivity contribution is -0.118. The summed E-state index contributed by atoms with van der Waals surface area (Å²) in [5.74, 6) is 1.01. The van der Waals surface area contributed by atoms with Crippen molar-refractivity contribution in [2.24, 2.45) is 0 Å². The number of piperidine rings is 1. The molecule has 0 aromatic carbocycles. The predicted molar refractivity (Wildman–Crippen MR) is 66.2 cm³/mol. The summed E-state index contributed by atoms with van der Waals surface area (Å²) < 4.78 is 4.87. The number of likely N-dealkylation sites (tertiary alicyclic amines) is 1. The van der Waals surface area contributed by atoms with E-state index < -0.39 is 5.60 Å². The molecule has 2 rings (SSSR count). The zero-order chi connectivity index (χ0) is 13.2. The number of aryl methyl sites for hydroxylation is 1. The van der Waals surface area contributed by atoms with Gasteiger partial charge in [-0.15, -0.1) is 0 Å². The average molecular weight is 253 g/mol. The standard InChI is InChI=1S/C12H19N3O3/c1-9-7-10(14-18-9)13-11(16)8-15-5-3-12(2,17)4-6-15/h7,17H,3-6,8H2,1-2H3,(H,13,14,16). The highest BCUT2D eigenvalue weighted by Gasteiger charge is 2.28. The van der Waals surface area contributed by atoms with Crippen LogP contribution in [0.25, 0.3) is 0 Å². The van der Waals surface area contributed by atoms with E-state index in [-0.39, 0.29) is 5.91 Å².